The highest BCUT2D eigenvalue weighted by Gasteiger charge is 2.38. The fraction of sp³-hybridized carbons (Fsp3) is 0.538. The van der Waals surface area contributed by atoms with Gasteiger partial charge in [-0.2, -0.15) is 0 Å². The highest BCUT2D eigenvalue weighted by molar-refractivity contribution is 6.31. The molecule has 1 N–H and O–H groups in total. The predicted molar refractivity (Wildman–Crippen MR) is 71.3 cm³/mol. The molecule has 104 valence electrons. The average molecular weight is 285 g/mol. The maximum Gasteiger partial charge on any atom is 0.306 e. The zero-order chi connectivity index (χ0) is 14.2. The topological polar surface area (TPSA) is 62.5 Å². The monoisotopic (exact) mass is 284 g/mol. The third-order valence-electron chi connectivity index (χ3n) is 3.72. The SMILES string of the molecule is CCn1cc(Cl)cc1C(=O)N1CC(C(C)C(=O)O)C1. The summed E-state index contributed by atoms with van der Waals surface area (Å²) in [4.78, 5) is 24.8. The maximum atomic E-state index is 12.3. The van der Waals surface area contributed by atoms with E-state index >= 15 is 0 Å². The normalized spacial score (nSPS) is 17.1. The van der Waals surface area contributed by atoms with Crippen molar-refractivity contribution in [3.8, 4) is 0 Å². The van der Waals surface area contributed by atoms with Crippen LogP contribution in [0.5, 0.6) is 0 Å². The Bertz CT molecular complexity index is 506. The number of carbonyl (C=O) groups is 2. The largest absolute Gasteiger partial charge is 0.481 e. The molecule has 1 aromatic rings. The average Bonchev–Trinajstić information content (AvgIpc) is 2.68. The first kappa shape index (κ1) is 13.9. The Hall–Kier alpha value is -1.49. The third-order valence-corrected chi connectivity index (χ3v) is 3.92. The molecule has 1 aromatic heterocycles. The van der Waals surface area contributed by atoms with E-state index in [4.69, 9.17) is 16.7 Å². The molecule has 1 aliphatic rings. The van der Waals surface area contributed by atoms with Crippen molar-refractivity contribution in [1.82, 2.24) is 9.47 Å². The molecule has 1 unspecified atom stereocenters. The van der Waals surface area contributed by atoms with E-state index in [1.807, 2.05) is 6.92 Å². The number of hydrogen-bond donors (Lipinski definition) is 1. The molecular formula is C13H17ClN2O3. The van der Waals surface area contributed by atoms with Crippen LogP contribution in [0.25, 0.3) is 0 Å². The van der Waals surface area contributed by atoms with Crippen LogP contribution in [-0.4, -0.2) is 39.5 Å². The Kier molecular flexibility index (Phi) is 3.85. The number of nitrogens with zero attached hydrogens (tertiary/aromatic N) is 2. The summed E-state index contributed by atoms with van der Waals surface area (Å²) in [5.74, 6) is -1.26. The summed E-state index contributed by atoms with van der Waals surface area (Å²) < 4.78 is 1.80. The summed E-state index contributed by atoms with van der Waals surface area (Å²) >= 11 is 5.91. The molecule has 0 saturated carbocycles. The van der Waals surface area contributed by atoms with Crippen molar-refractivity contribution in [2.24, 2.45) is 11.8 Å². The number of likely N-dealkylation sites (tertiary alicyclic amines) is 1. The van der Waals surface area contributed by atoms with Gasteiger partial charge in [-0.05, 0) is 13.0 Å². The fourth-order valence-electron chi connectivity index (χ4n) is 2.27. The number of hydrogen-bond acceptors (Lipinski definition) is 2. The van der Waals surface area contributed by atoms with E-state index in [9.17, 15) is 9.59 Å². The Morgan fingerprint density at radius 3 is 2.68 bits per heavy atom. The number of aryl methyl sites for hydroxylation is 1. The molecule has 1 fully saturated rings. The van der Waals surface area contributed by atoms with Crippen LogP contribution in [-0.2, 0) is 11.3 Å². The van der Waals surface area contributed by atoms with E-state index < -0.39 is 11.9 Å². The fourth-order valence-corrected chi connectivity index (χ4v) is 2.49. The molecule has 0 bridgehead atoms. The Balaban J connectivity index is 2.02. The van der Waals surface area contributed by atoms with Crippen molar-refractivity contribution < 1.29 is 14.7 Å². The number of halogens is 1. The van der Waals surface area contributed by atoms with Crippen molar-refractivity contribution in [2.75, 3.05) is 13.1 Å². The highest BCUT2D eigenvalue weighted by Crippen LogP contribution is 2.26. The zero-order valence-corrected chi connectivity index (χ0v) is 11.7. The zero-order valence-electron chi connectivity index (χ0n) is 11.0. The van der Waals surface area contributed by atoms with Gasteiger partial charge >= 0.3 is 5.97 Å². The lowest BCUT2D eigenvalue weighted by Gasteiger charge is -2.41. The summed E-state index contributed by atoms with van der Waals surface area (Å²) in [6.07, 6.45) is 1.73. The van der Waals surface area contributed by atoms with E-state index in [1.165, 1.54) is 0 Å². The molecule has 1 saturated heterocycles. The number of aromatic nitrogens is 1. The van der Waals surface area contributed by atoms with Crippen molar-refractivity contribution >= 4 is 23.5 Å². The van der Waals surface area contributed by atoms with E-state index in [-0.39, 0.29) is 11.8 Å². The number of amides is 1. The van der Waals surface area contributed by atoms with Crippen molar-refractivity contribution in [3.63, 3.8) is 0 Å². The quantitative estimate of drug-likeness (QED) is 0.919. The van der Waals surface area contributed by atoms with Crippen molar-refractivity contribution in [3.05, 3.63) is 23.0 Å². The summed E-state index contributed by atoms with van der Waals surface area (Å²) in [6, 6.07) is 1.65. The summed E-state index contributed by atoms with van der Waals surface area (Å²) in [6.45, 7) is 5.30. The molecule has 6 heteroatoms. The summed E-state index contributed by atoms with van der Waals surface area (Å²) in [7, 11) is 0. The minimum Gasteiger partial charge on any atom is -0.481 e. The van der Waals surface area contributed by atoms with Gasteiger partial charge in [-0.25, -0.2) is 0 Å². The van der Waals surface area contributed by atoms with Gasteiger partial charge in [0.05, 0.1) is 10.9 Å². The Morgan fingerprint density at radius 1 is 1.53 bits per heavy atom. The van der Waals surface area contributed by atoms with Crippen molar-refractivity contribution in [2.45, 2.75) is 20.4 Å². The second kappa shape index (κ2) is 5.25. The molecule has 5 nitrogen and oxygen atoms in total. The van der Waals surface area contributed by atoms with Gasteiger partial charge in [-0.1, -0.05) is 18.5 Å². The van der Waals surface area contributed by atoms with E-state index in [0.29, 0.717) is 30.4 Å². The molecule has 0 aromatic carbocycles. The van der Waals surface area contributed by atoms with Crippen LogP contribution in [0.2, 0.25) is 5.02 Å². The highest BCUT2D eigenvalue weighted by atomic mass is 35.5. The van der Waals surface area contributed by atoms with Gasteiger partial charge in [0.15, 0.2) is 0 Å². The van der Waals surface area contributed by atoms with Gasteiger partial charge in [-0.3, -0.25) is 9.59 Å². The molecular weight excluding hydrogens is 268 g/mol. The van der Waals surface area contributed by atoms with E-state index in [1.54, 1.807) is 28.7 Å². The third kappa shape index (κ3) is 2.61. The smallest absolute Gasteiger partial charge is 0.306 e. The Morgan fingerprint density at radius 2 is 2.16 bits per heavy atom. The van der Waals surface area contributed by atoms with E-state index in [0.717, 1.165) is 0 Å². The second-order valence-electron chi connectivity index (χ2n) is 4.93. The van der Waals surface area contributed by atoms with Crippen LogP contribution in [0.3, 0.4) is 0 Å². The lowest BCUT2D eigenvalue weighted by molar-refractivity contribution is -0.144. The minimum absolute atomic E-state index is 0.0435. The number of rotatable bonds is 4. The van der Waals surface area contributed by atoms with Crippen LogP contribution >= 0.6 is 11.6 Å². The minimum atomic E-state index is -0.808. The first-order valence-electron chi connectivity index (χ1n) is 6.31. The summed E-state index contributed by atoms with van der Waals surface area (Å²) in [5.41, 5.74) is 0.564. The first-order valence-corrected chi connectivity index (χ1v) is 6.69. The molecule has 2 heterocycles. The predicted octanol–water partition coefficient (Wildman–Crippen LogP) is 1.95. The van der Waals surface area contributed by atoms with Gasteiger partial charge in [0.1, 0.15) is 5.69 Å². The number of carboxylic acids is 1. The van der Waals surface area contributed by atoms with Crippen molar-refractivity contribution in [1.29, 1.82) is 0 Å². The Labute approximate surface area is 116 Å². The molecule has 19 heavy (non-hydrogen) atoms. The van der Waals surface area contributed by atoms with Crippen LogP contribution in [0.4, 0.5) is 0 Å². The molecule has 0 aliphatic carbocycles. The second-order valence-corrected chi connectivity index (χ2v) is 5.36. The number of carboxylic acid groups (broad SMARTS) is 1. The van der Waals surface area contributed by atoms with Crippen LogP contribution in [0.1, 0.15) is 24.3 Å². The standard InChI is InChI=1S/C13H17ClN2O3/c1-3-15-7-10(14)4-11(15)12(17)16-5-9(6-16)8(2)13(18)19/h4,7-9H,3,5-6H2,1-2H3,(H,18,19). The van der Waals surface area contributed by atoms with Crippen LogP contribution in [0.15, 0.2) is 12.3 Å². The molecule has 0 spiro atoms. The van der Waals surface area contributed by atoms with Crippen LogP contribution < -0.4 is 0 Å². The number of aliphatic carboxylic acids is 1. The number of carbonyl (C=O) groups excluding carboxylic acids is 1. The summed E-state index contributed by atoms with van der Waals surface area (Å²) in [5, 5.41) is 9.46. The van der Waals surface area contributed by atoms with Gasteiger partial charge in [0.2, 0.25) is 0 Å². The molecule has 1 atom stereocenters. The van der Waals surface area contributed by atoms with Crippen LogP contribution in [0, 0.1) is 11.8 Å². The van der Waals surface area contributed by atoms with Gasteiger partial charge < -0.3 is 14.6 Å². The van der Waals surface area contributed by atoms with Gasteiger partial charge in [0.25, 0.3) is 5.91 Å². The van der Waals surface area contributed by atoms with Gasteiger partial charge in [-0.15, -0.1) is 0 Å². The molecule has 2 rings (SSSR count). The first-order chi connectivity index (χ1) is 8.93. The molecule has 0 radical (unpaired) electrons. The van der Waals surface area contributed by atoms with Gasteiger partial charge in [0, 0.05) is 31.7 Å². The molecule has 1 aliphatic heterocycles. The molecule has 1 amide bonds. The lowest BCUT2D eigenvalue weighted by Crippen LogP contribution is -2.53. The van der Waals surface area contributed by atoms with E-state index in [2.05, 4.69) is 0 Å². The lowest BCUT2D eigenvalue weighted by atomic mass is 9.87. The maximum absolute atomic E-state index is 12.3.